The van der Waals surface area contributed by atoms with Crippen LogP contribution >= 0.6 is 0 Å². The first kappa shape index (κ1) is 14.6. The van der Waals surface area contributed by atoms with E-state index in [0.717, 1.165) is 11.4 Å². The van der Waals surface area contributed by atoms with Gasteiger partial charge >= 0.3 is 6.03 Å². The van der Waals surface area contributed by atoms with Crippen LogP contribution in [0, 0.1) is 5.92 Å². The number of carbonyl (C=O) groups excluding carboxylic acids is 1. The largest absolute Gasteiger partial charge is 0.331 e. The van der Waals surface area contributed by atoms with E-state index in [9.17, 15) is 4.79 Å². The van der Waals surface area contributed by atoms with E-state index >= 15 is 0 Å². The lowest BCUT2D eigenvalue weighted by Crippen LogP contribution is -2.40. The van der Waals surface area contributed by atoms with Gasteiger partial charge in [-0.25, -0.2) is 4.79 Å². The third-order valence-corrected chi connectivity index (χ3v) is 4.02. The molecule has 2 N–H and O–H groups in total. The molecule has 2 amide bonds. The zero-order valence-electron chi connectivity index (χ0n) is 12.9. The third-order valence-electron chi connectivity index (χ3n) is 4.02. The van der Waals surface area contributed by atoms with Crippen molar-refractivity contribution in [1.82, 2.24) is 25.4 Å². The first-order valence-corrected chi connectivity index (χ1v) is 7.61. The first-order valence-electron chi connectivity index (χ1n) is 7.61. The van der Waals surface area contributed by atoms with Gasteiger partial charge in [-0.2, -0.15) is 0 Å². The van der Waals surface area contributed by atoms with Crippen LogP contribution in [-0.4, -0.2) is 20.8 Å². The number of aromatic nitrogens is 3. The highest BCUT2D eigenvalue weighted by Crippen LogP contribution is 2.40. The molecule has 0 saturated heterocycles. The molecule has 2 atom stereocenters. The summed E-state index contributed by atoms with van der Waals surface area (Å²) in [6, 6.07) is 9.85. The van der Waals surface area contributed by atoms with Gasteiger partial charge in [0.25, 0.3) is 0 Å². The van der Waals surface area contributed by atoms with Gasteiger partial charge in [-0.05, 0) is 31.2 Å². The number of carbonyl (C=O) groups is 1. The van der Waals surface area contributed by atoms with Crippen LogP contribution in [0.5, 0.6) is 0 Å². The number of rotatable bonds is 5. The maximum absolute atomic E-state index is 12.3. The van der Waals surface area contributed by atoms with E-state index in [1.807, 2.05) is 32.2 Å². The van der Waals surface area contributed by atoms with E-state index in [1.165, 1.54) is 12.8 Å². The Kier molecular flexibility index (Phi) is 4.09. The van der Waals surface area contributed by atoms with Crippen LogP contribution in [0.15, 0.2) is 36.7 Å². The molecule has 1 aliphatic carbocycles. The van der Waals surface area contributed by atoms with Gasteiger partial charge in [0.05, 0.1) is 12.1 Å². The molecule has 1 fully saturated rings. The SMILES string of the molecule is C[C@@H](NC(=O)N[C@H](c1ccccc1)C1CC1)c1nncn1C. The summed E-state index contributed by atoms with van der Waals surface area (Å²) in [7, 11) is 1.86. The van der Waals surface area contributed by atoms with E-state index in [2.05, 4.69) is 33.0 Å². The van der Waals surface area contributed by atoms with Crippen molar-refractivity contribution in [1.29, 1.82) is 0 Å². The van der Waals surface area contributed by atoms with Gasteiger partial charge in [0.15, 0.2) is 5.82 Å². The topological polar surface area (TPSA) is 71.8 Å². The van der Waals surface area contributed by atoms with Crippen LogP contribution in [0.4, 0.5) is 4.79 Å². The minimum absolute atomic E-state index is 0.0768. The average Bonchev–Trinajstić information content (AvgIpc) is 3.26. The van der Waals surface area contributed by atoms with Crippen LogP contribution in [0.3, 0.4) is 0 Å². The van der Waals surface area contributed by atoms with Gasteiger partial charge in [0.1, 0.15) is 6.33 Å². The van der Waals surface area contributed by atoms with Gasteiger partial charge in [-0.3, -0.25) is 0 Å². The molecule has 0 bridgehead atoms. The number of benzene rings is 1. The summed E-state index contributed by atoms with van der Waals surface area (Å²) in [4.78, 5) is 12.3. The van der Waals surface area contributed by atoms with Crippen molar-refractivity contribution in [3.8, 4) is 0 Å². The van der Waals surface area contributed by atoms with Crippen molar-refractivity contribution in [2.75, 3.05) is 0 Å². The van der Waals surface area contributed by atoms with E-state index in [-0.39, 0.29) is 18.1 Å². The summed E-state index contributed by atoms with van der Waals surface area (Å²) in [5, 5.41) is 13.9. The summed E-state index contributed by atoms with van der Waals surface area (Å²) in [6.45, 7) is 1.90. The first-order chi connectivity index (χ1) is 10.6. The second-order valence-corrected chi connectivity index (χ2v) is 5.87. The Morgan fingerprint density at radius 1 is 1.27 bits per heavy atom. The van der Waals surface area contributed by atoms with E-state index in [0.29, 0.717) is 5.92 Å². The van der Waals surface area contributed by atoms with Gasteiger partial charge in [-0.15, -0.1) is 10.2 Å². The fourth-order valence-electron chi connectivity index (χ4n) is 2.69. The Hall–Kier alpha value is -2.37. The normalized spacial score (nSPS) is 16.8. The van der Waals surface area contributed by atoms with Crippen molar-refractivity contribution >= 4 is 6.03 Å². The fraction of sp³-hybridized carbons (Fsp3) is 0.438. The molecule has 1 aliphatic rings. The molecule has 2 aromatic rings. The van der Waals surface area contributed by atoms with E-state index in [1.54, 1.807) is 10.9 Å². The Morgan fingerprint density at radius 2 is 2.00 bits per heavy atom. The molecule has 1 aromatic heterocycles. The zero-order chi connectivity index (χ0) is 15.5. The lowest BCUT2D eigenvalue weighted by molar-refractivity contribution is 0.232. The second-order valence-electron chi connectivity index (χ2n) is 5.87. The fourth-order valence-corrected chi connectivity index (χ4v) is 2.69. The minimum Gasteiger partial charge on any atom is -0.331 e. The molecule has 1 saturated carbocycles. The number of nitrogens with zero attached hydrogens (tertiary/aromatic N) is 3. The molecule has 116 valence electrons. The van der Waals surface area contributed by atoms with Crippen LogP contribution in [0.2, 0.25) is 0 Å². The molecule has 22 heavy (non-hydrogen) atoms. The average molecular weight is 299 g/mol. The zero-order valence-corrected chi connectivity index (χ0v) is 12.9. The number of aryl methyl sites for hydroxylation is 1. The van der Waals surface area contributed by atoms with Crippen LogP contribution < -0.4 is 10.6 Å². The summed E-state index contributed by atoms with van der Waals surface area (Å²) >= 11 is 0. The quantitative estimate of drug-likeness (QED) is 0.890. The molecular weight excluding hydrogens is 278 g/mol. The molecule has 3 rings (SSSR count). The van der Waals surface area contributed by atoms with Crippen LogP contribution in [0.1, 0.15) is 43.2 Å². The van der Waals surface area contributed by atoms with Crippen LogP contribution in [0.25, 0.3) is 0 Å². The Labute approximate surface area is 129 Å². The second kappa shape index (κ2) is 6.17. The molecule has 1 aromatic carbocycles. The van der Waals surface area contributed by atoms with Gasteiger partial charge in [0, 0.05) is 7.05 Å². The summed E-state index contributed by atoms with van der Waals surface area (Å²) in [6.07, 6.45) is 3.96. The molecule has 0 spiro atoms. The monoisotopic (exact) mass is 299 g/mol. The highest BCUT2D eigenvalue weighted by Gasteiger charge is 2.33. The standard InChI is InChI=1S/C16H21N5O/c1-11(15-20-17-10-21(15)2)18-16(22)19-14(13-8-9-13)12-6-4-3-5-7-12/h3-7,10-11,13-14H,8-9H2,1-2H3,(H2,18,19,22)/t11-,14-/m1/s1. The summed E-state index contributed by atoms with van der Waals surface area (Å²) in [5.74, 6) is 1.27. The predicted octanol–water partition coefficient (Wildman–Crippen LogP) is 2.33. The lowest BCUT2D eigenvalue weighted by atomic mass is 10.0. The predicted molar refractivity (Wildman–Crippen MR) is 83.0 cm³/mol. The third kappa shape index (κ3) is 3.27. The Morgan fingerprint density at radius 3 is 2.59 bits per heavy atom. The highest BCUT2D eigenvalue weighted by atomic mass is 16.2. The maximum atomic E-state index is 12.3. The molecule has 0 radical (unpaired) electrons. The van der Waals surface area contributed by atoms with Crippen molar-refractivity contribution in [3.05, 3.63) is 48.0 Å². The van der Waals surface area contributed by atoms with Crippen LogP contribution in [-0.2, 0) is 7.05 Å². The smallest absolute Gasteiger partial charge is 0.315 e. The molecule has 1 heterocycles. The maximum Gasteiger partial charge on any atom is 0.315 e. The molecule has 0 unspecified atom stereocenters. The molecule has 6 heteroatoms. The number of hydrogen-bond donors (Lipinski definition) is 2. The van der Waals surface area contributed by atoms with Gasteiger partial charge < -0.3 is 15.2 Å². The number of urea groups is 1. The van der Waals surface area contributed by atoms with E-state index < -0.39 is 0 Å². The number of nitrogens with one attached hydrogen (secondary N) is 2. The van der Waals surface area contributed by atoms with Gasteiger partial charge in [0.2, 0.25) is 0 Å². The van der Waals surface area contributed by atoms with Crippen molar-refractivity contribution in [3.63, 3.8) is 0 Å². The lowest BCUT2D eigenvalue weighted by Gasteiger charge is -2.21. The molecule has 0 aliphatic heterocycles. The summed E-state index contributed by atoms with van der Waals surface area (Å²) < 4.78 is 1.81. The van der Waals surface area contributed by atoms with Crippen molar-refractivity contribution in [2.24, 2.45) is 13.0 Å². The van der Waals surface area contributed by atoms with Gasteiger partial charge in [-0.1, -0.05) is 30.3 Å². The van der Waals surface area contributed by atoms with Crippen molar-refractivity contribution < 1.29 is 4.79 Å². The summed E-state index contributed by atoms with van der Waals surface area (Å²) in [5.41, 5.74) is 1.16. The molecular formula is C16H21N5O. The minimum atomic E-state index is -0.192. The highest BCUT2D eigenvalue weighted by molar-refractivity contribution is 5.75. The molecule has 6 nitrogen and oxygen atoms in total. The Bertz CT molecular complexity index is 635. The number of hydrogen-bond acceptors (Lipinski definition) is 3. The Balaban J connectivity index is 1.64. The number of amides is 2. The van der Waals surface area contributed by atoms with Crippen molar-refractivity contribution in [2.45, 2.75) is 31.8 Å². The van der Waals surface area contributed by atoms with E-state index in [4.69, 9.17) is 0 Å².